The smallest absolute Gasteiger partial charge is 0.194 e. The van der Waals surface area contributed by atoms with Gasteiger partial charge in [0.05, 0.1) is 12.1 Å². The molecular formula is C16H14F3NO. The molecule has 0 saturated carbocycles. The fraction of sp³-hybridized carbons (Fsp3) is 0.250. The Morgan fingerprint density at radius 2 is 1.76 bits per heavy atom. The molecule has 2 aromatic rings. The maximum absolute atomic E-state index is 13.3. The van der Waals surface area contributed by atoms with Gasteiger partial charge < -0.3 is 10.4 Å². The fourth-order valence-corrected chi connectivity index (χ4v) is 2.68. The number of fused-ring (bicyclic) bond motifs is 1. The van der Waals surface area contributed by atoms with E-state index < -0.39 is 23.6 Å². The van der Waals surface area contributed by atoms with Crippen LogP contribution in [0.25, 0.3) is 0 Å². The standard InChI is InChI=1S/C16H14F3NO/c17-11-7-10(8-12(18)15(11)19)16(21)14-6-5-9-3-1-2-4-13(9)20-14/h1-4,7-8,14,16,20-21H,5-6H2. The van der Waals surface area contributed by atoms with Crippen LogP contribution in [0.2, 0.25) is 0 Å². The lowest BCUT2D eigenvalue weighted by Crippen LogP contribution is -2.31. The molecule has 0 amide bonds. The number of aliphatic hydroxyl groups is 1. The van der Waals surface area contributed by atoms with E-state index in [4.69, 9.17) is 0 Å². The van der Waals surface area contributed by atoms with Crippen molar-refractivity contribution in [2.45, 2.75) is 25.0 Å². The highest BCUT2D eigenvalue weighted by Crippen LogP contribution is 2.31. The minimum atomic E-state index is -1.52. The van der Waals surface area contributed by atoms with Crippen molar-refractivity contribution in [3.05, 3.63) is 65.0 Å². The monoisotopic (exact) mass is 293 g/mol. The first kappa shape index (κ1) is 13.9. The number of nitrogens with one attached hydrogen (secondary N) is 1. The SMILES string of the molecule is OC(c1cc(F)c(F)c(F)c1)C1CCc2ccccc2N1. The molecule has 110 valence electrons. The summed E-state index contributed by atoms with van der Waals surface area (Å²) in [5.74, 6) is -4.10. The van der Waals surface area contributed by atoms with Gasteiger partial charge in [-0.1, -0.05) is 18.2 Å². The van der Waals surface area contributed by atoms with Gasteiger partial charge in [0.15, 0.2) is 17.5 Å². The molecule has 1 heterocycles. The van der Waals surface area contributed by atoms with Crippen LogP contribution < -0.4 is 5.32 Å². The fourth-order valence-electron chi connectivity index (χ4n) is 2.68. The average molecular weight is 293 g/mol. The number of halogens is 3. The van der Waals surface area contributed by atoms with Crippen LogP contribution in [0.1, 0.15) is 23.7 Å². The first-order valence-electron chi connectivity index (χ1n) is 6.73. The largest absolute Gasteiger partial charge is 0.386 e. The van der Waals surface area contributed by atoms with Gasteiger partial charge in [-0.25, -0.2) is 13.2 Å². The number of para-hydroxylation sites is 1. The molecule has 0 radical (unpaired) electrons. The summed E-state index contributed by atoms with van der Waals surface area (Å²) < 4.78 is 39.5. The van der Waals surface area contributed by atoms with Crippen molar-refractivity contribution in [3.63, 3.8) is 0 Å². The molecule has 0 spiro atoms. The lowest BCUT2D eigenvalue weighted by molar-refractivity contribution is 0.148. The van der Waals surface area contributed by atoms with E-state index >= 15 is 0 Å². The summed E-state index contributed by atoms with van der Waals surface area (Å²) in [7, 11) is 0. The Morgan fingerprint density at radius 3 is 2.48 bits per heavy atom. The Balaban J connectivity index is 1.85. The second-order valence-corrected chi connectivity index (χ2v) is 5.19. The summed E-state index contributed by atoms with van der Waals surface area (Å²) in [5, 5.41) is 13.5. The van der Waals surface area contributed by atoms with Crippen molar-refractivity contribution in [1.82, 2.24) is 0 Å². The van der Waals surface area contributed by atoms with E-state index in [2.05, 4.69) is 5.32 Å². The Labute approximate surface area is 120 Å². The quantitative estimate of drug-likeness (QED) is 0.830. The van der Waals surface area contributed by atoms with Crippen molar-refractivity contribution >= 4 is 5.69 Å². The van der Waals surface area contributed by atoms with Crippen LogP contribution in [0.4, 0.5) is 18.9 Å². The summed E-state index contributed by atoms with van der Waals surface area (Å²) in [4.78, 5) is 0. The molecule has 21 heavy (non-hydrogen) atoms. The number of rotatable bonds is 2. The van der Waals surface area contributed by atoms with Crippen LogP contribution >= 0.6 is 0 Å². The lowest BCUT2D eigenvalue weighted by Gasteiger charge is -2.30. The number of aryl methyl sites for hydroxylation is 1. The zero-order valence-electron chi connectivity index (χ0n) is 11.1. The van der Waals surface area contributed by atoms with Crippen molar-refractivity contribution in [3.8, 4) is 0 Å². The molecule has 2 aromatic carbocycles. The third kappa shape index (κ3) is 2.61. The third-order valence-electron chi connectivity index (χ3n) is 3.81. The molecule has 2 unspecified atom stereocenters. The van der Waals surface area contributed by atoms with Gasteiger partial charge in [0.2, 0.25) is 0 Å². The van der Waals surface area contributed by atoms with Crippen LogP contribution in [0.3, 0.4) is 0 Å². The molecule has 5 heteroatoms. The van der Waals surface area contributed by atoms with E-state index in [0.717, 1.165) is 29.8 Å². The zero-order chi connectivity index (χ0) is 15.0. The van der Waals surface area contributed by atoms with Gasteiger partial charge >= 0.3 is 0 Å². The summed E-state index contributed by atoms with van der Waals surface area (Å²) in [5.41, 5.74) is 2.07. The second kappa shape index (κ2) is 5.41. The van der Waals surface area contributed by atoms with Gasteiger partial charge in [-0.05, 0) is 42.2 Å². The summed E-state index contributed by atoms with van der Waals surface area (Å²) in [6.45, 7) is 0. The number of benzene rings is 2. The van der Waals surface area contributed by atoms with Crippen LogP contribution in [0.5, 0.6) is 0 Å². The molecule has 1 aliphatic heterocycles. The van der Waals surface area contributed by atoms with Crippen molar-refractivity contribution in [1.29, 1.82) is 0 Å². The molecule has 0 fully saturated rings. The first-order chi connectivity index (χ1) is 10.1. The highest BCUT2D eigenvalue weighted by Gasteiger charge is 2.26. The highest BCUT2D eigenvalue weighted by molar-refractivity contribution is 5.54. The lowest BCUT2D eigenvalue weighted by atomic mass is 9.91. The van der Waals surface area contributed by atoms with Gasteiger partial charge in [-0.15, -0.1) is 0 Å². The van der Waals surface area contributed by atoms with E-state index in [-0.39, 0.29) is 11.6 Å². The van der Waals surface area contributed by atoms with Crippen LogP contribution in [-0.2, 0) is 6.42 Å². The van der Waals surface area contributed by atoms with Gasteiger partial charge in [0.25, 0.3) is 0 Å². The maximum Gasteiger partial charge on any atom is 0.194 e. The first-order valence-corrected chi connectivity index (χ1v) is 6.73. The van der Waals surface area contributed by atoms with E-state index in [9.17, 15) is 18.3 Å². The maximum atomic E-state index is 13.3. The number of hydrogen-bond donors (Lipinski definition) is 2. The van der Waals surface area contributed by atoms with Crippen LogP contribution in [0, 0.1) is 17.5 Å². The second-order valence-electron chi connectivity index (χ2n) is 5.19. The van der Waals surface area contributed by atoms with E-state index in [1.165, 1.54) is 0 Å². The van der Waals surface area contributed by atoms with Crippen LogP contribution in [-0.4, -0.2) is 11.1 Å². The normalized spacial score (nSPS) is 18.8. The van der Waals surface area contributed by atoms with E-state index in [0.29, 0.717) is 6.42 Å². The molecule has 0 aliphatic carbocycles. The summed E-state index contributed by atoms with van der Waals surface area (Å²) >= 11 is 0. The van der Waals surface area contributed by atoms with Crippen molar-refractivity contribution in [2.24, 2.45) is 0 Å². The minimum absolute atomic E-state index is 0.0308. The molecular weight excluding hydrogens is 279 g/mol. The Morgan fingerprint density at radius 1 is 1.10 bits per heavy atom. The molecule has 2 N–H and O–H groups in total. The molecule has 2 atom stereocenters. The highest BCUT2D eigenvalue weighted by atomic mass is 19.2. The molecule has 3 rings (SSSR count). The predicted molar refractivity (Wildman–Crippen MR) is 73.4 cm³/mol. The third-order valence-corrected chi connectivity index (χ3v) is 3.81. The Bertz CT molecular complexity index is 651. The molecule has 2 nitrogen and oxygen atoms in total. The van der Waals surface area contributed by atoms with Gasteiger partial charge in [0, 0.05) is 5.69 Å². The van der Waals surface area contributed by atoms with Crippen LogP contribution in [0.15, 0.2) is 36.4 Å². The van der Waals surface area contributed by atoms with Crippen molar-refractivity contribution in [2.75, 3.05) is 5.32 Å². The van der Waals surface area contributed by atoms with Gasteiger partial charge in [0.1, 0.15) is 0 Å². The molecule has 0 bridgehead atoms. The zero-order valence-corrected chi connectivity index (χ0v) is 11.1. The van der Waals surface area contributed by atoms with E-state index in [1.807, 2.05) is 24.3 Å². The topological polar surface area (TPSA) is 32.3 Å². The summed E-state index contributed by atoms with van der Waals surface area (Å²) in [6.07, 6.45) is 0.276. The number of hydrogen-bond acceptors (Lipinski definition) is 2. The number of aliphatic hydroxyl groups excluding tert-OH is 1. The number of anilines is 1. The van der Waals surface area contributed by atoms with Crippen molar-refractivity contribution < 1.29 is 18.3 Å². The molecule has 0 saturated heterocycles. The predicted octanol–water partition coefficient (Wildman–Crippen LogP) is 3.56. The molecule has 1 aliphatic rings. The Kier molecular flexibility index (Phi) is 3.59. The summed E-state index contributed by atoms with van der Waals surface area (Å²) in [6, 6.07) is 8.99. The Hall–Kier alpha value is -2.01. The van der Waals surface area contributed by atoms with Gasteiger partial charge in [-0.2, -0.15) is 0 Å². The average Bonchev–Trinajstić information content (AvgIpc) is 2.51. The van der Waals surface area contributed by atoms with E-state index in [1.54, 1.807) is 0 Å². The van der Waals surface area contributed by atoms with Gasteiger partial charge in [-0.3, -0.25) is 0 Å². The minimum Gasteiger partial charge on any atom is -0.386 e. The molecule has 0 aromatic heterocycles.